The van der Waals surface area contributed by atoms with Gasteiger partial charge in [0, 0.05) is 4.88 Å². The van der Waals surface area contributed by atoms with E-state index >= 15 is 0 Å². The highest BCUT2D eigenvalue weighted by molar-refractivity contribution is 7.14. The van der Waals surface area contributed by atoms with Gasteiger partial charge in [-0.3, -0.25) is 4.79 Å². The maximum Gasteiger partial charge on any atom is 0.169 e. The summed E-state index contributed by atoms with van der Waals surface area (Å²) >= 11 is 1.62. The Balaban J connectivity index is 2.70. The van der Waals surface area contributed by atoms with Gasteiger partial charge in [0.15, 0.2) is 5.78 Å². The first-order valence-corrected chi connectivity index (χ1v) is 6.06. The predicted octanol–water partition coefficient (Wildman–Crippen LogP) is 4.41. The minimum atomic E-state index is 0.167. The molecule has 0 aliphatic carbocycles. The predicted molar refractivity (Wildman–Crippen MR) is 66.8 cm³/mol. The average Bonchev–Trinajstić information content (AvgIpc) is 2.62. The van der Waals surface area contributed by atoms with Crippen molar-refractivity contribution in [3.63, 3.8) is 0 Å². The molecule has 0 radical (unpaired) electrons. The highest BCUT2D eigenvalue weighted by Crippen LogP contribution is 2.27. The SMILES string of the molecule is CC(=O)c1ccc(C(C)CC=C(C)C)s1. The molecule has 1 heterocycles. The first-order chi connectivity index (χ1) is 7.00. The molecule has 82 valence electrons. The van der Waals surface area contributed by atoms with Crippen molar-refractivity contribution in [2.24, 2.45) is 0 Å². The molecule has 0 saturated heterocycles. The molecule has 0 saturated carbocycles. The lowest BCUT2D eigenvalue weighted by Crippen LogP contribution is -1.88. The van der Waals surface area contributed by atoms with Crippen LogP contribution in [0.25, 0.3) is 0 Å². The summed E-state index contributed by atoms with van der Waals surface area (Å²) in [6.07, 6.45) is 3.30. The molecule has 1 unspecified atom stereocenters. The maximum absolute atomic E-state index is 11.1. The fraction of sp³-hybridized carbons (Fsp3) is 0.462. The van der Waals surface area contributed by atoms with Gasteiger partial charge in [-0.2, -0.15) is 0 Å². The minimum Gasteiger partial charge on any atom is -0.294 e. The summed E-state index contributed by atoms with van der Waals surface area (Å²) in [5.74, 6) is 0.679. The minimum absolute atomic E-state index is 0.167. The zero-order valence-corrected chi connectivity index (χ0v) is 10.6. The molecule has 1 rings (SSSR count). The van der Waals surface area contributed by atoms with Crippen LogP contribution >= 0.6 is 11.3 Å². The van der Waals surface area contributed by atoms with Gasteiger partial charge in [0.25, 0.3) is 0 Å². The standard InChI is InChI=1S/C13H18OS/c1-9(2)5-6-10(3)12-7-8-13(15-12)11(4)14/h5,7-8,10H,6H2,1-4H3. The van der Waals surface area contributed by atoms with Gasteiger partial charge in [-0.15, -0.1) is 11.3 Å². The summed E-state index contributed by atoms with van der Waals surface area (Å²) in [4.78, 5) is 13.3. The fourth-order valence-corrected chi connectivity index (χ4v) is 2.30. The van der Waals surface area contributed by atoms with E-state index < -0.39 is 0 Å². The lowest BCUT2D eigenvalue weighted by atomic mass is 10.0. The van der Waals surface area contributed by atoms with Gasteiger partial charge in [0.1, 0.15) is 0 Å². The zero-order valence-electron chi connectivity index (χ0n) is 9.83. The Bertz CT molecular complexity index is 370. The van der Waals surface area contributed by atoms with E-state index in [0.717, 1.165) is 11.3 Å². The number of hydrogen-bond donors (Lipinski definition) is 0. The number of allylic oxidation sites excluding steroid dienone is 2. The summed E-state index contributed by atoms with van der Waals surface area (Å²) in [5.41, 5.74) is 1.35. The Hall–Kier alpha value is -0.890. The molecule has 1 nitrogen and oxygen atoms in total. The fourth-order valence-electron chi connectivity index (χ4n) is 1.34. The Kier molecular flexibility index (Phi) is 4.28. The number of thiophene rings is 1. The van der Waals surface area contributed by atoms with Crippen molar-refractivity contribution in [3.8, 4) is 0 Å². The van der Waals surface area contributed by atoms with Crippen LogP contribution in [0.15, 0.2) is 23.8 Å². The van der Waals surface area contributed by atoms with Gasteiger partial charge in [-0.1, -0.05) is 18.6 Å². The summed E-state index contributed by atoms with van der Waals surface area (Å²) in [6.45, 7) is 8.05. The second-order valence-corrected chi connectivity index (χ2v) is 5.29. The third-order valence-corrected chi connectivity index (χ3v) is 3.76. The molecule has 0 fully saturated rings. The lowest BCUT2D eigenvalue weighted by Gasteiger charge is -2.05. The molecule has 0 aliphatic heterocycles. The summed E-state index contributed by atoms with van der Waals surface area (Å²) < 4.78 is 0. The second kappa shape index (κ2) is 5.26. The second-order valence-electron chi connectivity index (χ2n) is 4.18. The van der Waals surface area contributed by atoms with Crippen LogP contribution in [-0.4, -0.2) is 5.78 Å². The maximum atomic E-state index is 11.1. The quantitative estimate of drug-likeness (QED) is 0.544. The molecule has 15 heavy (non-hydrogen) atoms. The molecular weight excluding hydrogens is 204 g/mol. The van der Waals surface area contributed by atoms with E-state index in [4.69, 9.17) is 0 Å². The molecule has 1 aromatic heterocycles. The van der Waals surface area contributed by atoms with Gasteiger partial charge < -0.3 is 0 Å². The molecule has 0 spiro atoms. The smallest absolute Gasteiger partial charge is 0.169 e. The largest absolute Gasteiger partial charge is 0.294 e. The van der Waals surface area contributed by atoms with Crippen molar-refractivity contribution in [2.45, 2.75) is 40.0 Å². The van der Waals surface area contributed by atoms with E-state index in [1.165, 1.54) is 10.5 Å². The molecular formula is C13H18OS. The number of hydrogen-bond acceptors (Lipinski definition) is 2. The third kappa shape index (κ3) is 3.63. The molecule has 0 amide bonds. The number of Topliss-reactive ketones (excluding diaryl/α,β-unsaturated/α-hetero) is 1. The molecule has 1 aromatic rings. The molecule has 0 N–H and O–H groups in total. The van der Waals surface area contributed by atoms with Crippen LogP contribution in [0.5, 0.6) is 0 Å². The molecule has 0 bridgehead atoms. The molecule has 0 aliphatic rings. The number of rotatable bonds is 4. The topological polar surface area (TPSA) is 17.1 Å². The highest BCUT2D eigenvalue weighted by atomic mass is 32.1. The Morgan fingerprint density at radius 2 is 2.07 bits per heavy atom. The van der Waals surface area contributed by atoms with E-state index in [2.05, 4.69) is 32.9 Å². The van der Waals surface area contributed by atoms with Gasteiger partial charge >= 0.3 is 0 Å². The number of carbonyl (C=O) groups excluding carboxylic acids is 1. The van der Waals surface area contributed by atoms with Crippen LogP contribution in [0.3, 0.4) is 0 Å². The average molecular weight is 222 g/mol. The van der Waals surface area contributed by atoms with Crippen LogP contribution < -0.4 is 0 Å². The van der Waals surface area contributed by atoms with E-state index in [9.17, 15) is 4.79 Å². The van der Waals surface area contributed by atoms with Crippen LogP contribution in [0.1, 0.15) is 54.6 Å². The first kappa shape index (κ1) is 12.2. The summed E-state index contributed by atoms with van der Waals surface area (Å²) in [5, 5.41) is 0. The van der Waals surface area contributed by atoms with Crippen molar-refractivity contribution in [3.05, 3.63) is 33.5 Å². The van der Waals surface area contributed by atoms with Crippen molar-refractivity contribution in [1.29, 1.82) is 0 Å². The zero-order chi connectivity index (χ0) is 11.4. The Morgan fingerprint density at radius 1 is 1.40 bits per heavy atom. The van der Waals surface area contributed by atoms with E-state index in [0.29, 0.717) is 5.92 Å². The summed E-state index contributed by atoms with van der Waals surface area (Å²) in [7, 11) is 0. The van der Waals surface area contributed by atoms with Gasteiger partial charge in [-0.25, -0.2) is 0 Å². The van der Waals surface area contributed by atoms with E-state index in [-0.39, 0.29) is 5.78 Å². The first-order valence-electron chi connectivity index (χ1n) is 5.24. The van der Waals surface area contributed by atoms with Crippen molar-refractivity contribution >= 4 is 17.1 Å². The van der Waals surface area contributed by atoms with Crippen LogP contribution in [0.4, 0.5) is 0 Å². The third-order valence-electron chi connectivity index (χ3n) is 2.34. The van der Waals surface area contributed by atoms with Crippen molar-refractivity contribution < 1.29 is 4.79 Å². The lowest BCUT2D eigenvalue weighted by molar-refractivity contribution is 0.102. The normalized spacial score (nSPS) is 12.3. The number of ketones is 1. The van der Waals surface area contributed by atoms with Crippen LogP contribution in [0.2, 0.25) is 0 Å². The van der Waals surface area contributed by atoms with E-state index in [1.807, 2.05) is 6.07 Å². The van der Waals surface area contributed by atoms with Crippen LogP contribution in [0, 0.1) is 0 Å². The van der Waals surface area contributed by atoms with Crippen molar-refractivity contribution in [1.82, 2.24) is 0 Å². The molecule has 1 atom stereocenters. The van der Waals surface area contributed by atoms with Gasteiger partial charge in [0.05, 0.1) is 4.88 Å². The van der Waals surface area contributed by atoms with Gasteiger partial charge in [-0.05, 0) is 45.2 Å². The molecule has 0 aromatic carbocycles. The Labute approximate surface area is 95.8 Å². The Morgan fingerprint density at radius 3 is 2.53 bits per heavy atom. The van der Waals surface area contributed by atoms with Crippen molar-refractivity contribution in [2.75, 3.05) is 0 Å². The van der Waals surface area contributed by atoms with E-state index in [1.54, 1.807) is 18.3 Å². The van der Waals surface area contributed by atoms with Crippen LogP contribution in [-0.2, 0) is 0 Å². The highest BCUT2D eigenvalue weighted by Gasteiger charge is 2.09. The number of carbonyl (C=O) groups is 1. The summed E-state index contributed by atoms with van der Waals surface area (Å²) in [6, 6.07) is 4.01. The monoisotopic (exact) mass is 222 g/mol. The van der Waals surface area contributed by atoms with Gasteiger partial charge in [0.2, 0.25) is 0 Å². The molecule has 2 heteroatoms.